The van der Waals surface area contributed by atoms with Gasteiger partial charge in [0, 0.05) is 24.6 Å². The molecule has 0 saturated carbocycles. The molecule has 0 saturated heterocycles. The fraction of sp³-hybridized carbons (Fsp3) is 0.381. The number of methoxy groups -OCH3 is 1. The van der Waals surface area contributed by atoms with Crippen LogP contribution < -0.4 is 4.74 Å². The molecule has 0 spiro atoms. The van der Waals surface area contributed by atoms with Gasteiger partial charge < -0.3 is 14.6 Å². The number of ether oxygens (including phenoxy) is 2. The number of rotatable bonds is 8. The van der Waals surface area contributed by atoms with Gasteiger partial charge in [0.1, 0.15) is 11.9 Å². The maximum Gasteiger partial charge on any atom is 0.306 e. The monoisotopic (exact) mass is 389 g/mol. The average Bonchev–Trinajstić information content (AvgIpc) is 2.65. The topological polar surface area (TPSA) is 85.7 Å². The molecule has 0 radical (unpaired) electrons. The Labute approximate surface area is 163 Å². The van der Waals surface area contributed by atoms with E-state index in [1.165, 1.54) is 31.5 Å². The zero-order valence-electron chi connectivity index (χ0n) is 16.4. The molecule has 1 aromatic carbocycles. The van der Waals surface area contributed by atoms with Gasteiger partial charge >= 0.3 is 5.97 Å². The normalized spacial score (nSPS) is 12.9. The number of benzene rings is 1. The molecule has 1 heterocycles. The molecule has 0 aliphatic heterocycles. The van der Waals surface area contributed by atoms with E-state index < -0.39 is 17.9 Å². The molecule has 0 bridgehead atoms. The predicted molar refractivity (Wildman–Crippen MR) is 101 cm³/mol. The van der Waals surface area contributed by atoms with E-state index in [4.69, 9.17) is 9.47 Å². The van der Waals surface area contributed by atoms with Crippen LogP contribution in [0, 0.1) is 12.7 Å². The van der Waals surface area contributed by atoms with E-state index in [2.05, 4.69) is 4.98 Å². The van der Waals surface area contributed by atoms with Gasteiger partial charge in [0.2, 0.25) is 0 Å². The van der Waals surface area contributed by atoms with Crippen LogP contribution >= 0.6 is 0 Å². The number of Topliss-reactive ketones (excluding diaryl/α,β-unsaturated/α-hetero) is 1. The third-order valence-corrected chi connectivity index (χ3v) is 4.67. The van der Waals surface area contributed by atoms with Gasteiger partial charge in [-0.1, -0.05) is 13.0 Å². The first-order valence-corrected chi connectivity index (χ1v) is 8.95. The third-order valence-electron chi connectivity index (χ3n) is 4.67. The van der Waals surface area contributed by atoms with E-state index >= 15 is 0 Å². The Balaban J connectivity index is 1.94. The summed E-state index contributed by atoms with van der Waals surface area (Å²) in [5.41, 5.74) is 1.53. The second-order valence-electron chi connectivity index (χ2n) is 6.62. The third kappa shape index (κ3) is 5.06. The highest BCUT2D eigenvalue weighted by molar-refractivity contribution is 5.98. The van der Waals surface area contributed by atoms with Crippen LogP contribution in [0.15, 0.2) is 30.5 Å². The Morgan fingerprint density at radius 3 is 2.57 bits per heavy atom. The molecule has 0 aliphatic rings. The quantitative estimate of drug-likeness (QED) is 0.544. The van der Waals surface area contributed by atoms with Gasteiger partial charge in [-0.25, -0.2) is 9.37 Å². The van der Waals surface area contributed by atoms with Crippen molar-refractivity contribution in [2.75, 3.05) is 7.11 Å². The van der Waals surface area contributed by atoms with Crippen LogP contribution in [0.3, 0.4) is 0 Å². The number of aromatic hydroxyl groups is 1. The van der Waals surface area contributed by atoms with Crippen LogP contribution in [0.25, 0.3) is 0 Å². The Bertz CT molecular complexity index is 868. The van der Waals surface area contributed by atoms with E-state index in [1.807, 2.05) is 6.92 Å². The van der Waals surface area contributed by atoms with Gasteiger partial charge in [0.05, 0.1) is 13.5 Å². The molecule has 0 amide bonds. The number of hydrogen-bond acceptors (Lipinski definition) is 6. The Morgan fingerprint density at radius 2 is 1.93 bits per heavy atom. The summed E-state index contributed by atoms with van der Waals surface area (Å²) in [6.45, 7) is 5.44. The molecule has 0 unspecified atom stereocenters. The fourth-order valence-electron chi connectivity index (χ4n) is 2.91. The summed E-state index contributed by atoms with van der Waals surface area (Å²) < 4.78 is 23.6. The second kappa shape index (κ2) is 9.30. The van der Waals surface area contributed by atoms with Gasteiger partial charge in [-0.2, -0.15) is 0 Å². The number of aromatic nitrogens is 1. The van der Waals surface area contributed by atoms with Crippen molar-refractivity contribution < 1.29 is 28.6 Å². The lowest BCUT2D eigenvalue weighted by atomic mass is 9.92. The van der Waals surface area contributed by atoms with E-state index in [-0.39, 0.29) is 41.8 Å². The minimum absolute atomic E-state index is 0.135. The van der Waals surface area contributed by atoms with E-state index in [0.29, 0.717) is 0 Å². The van der Waals surface area contributed by atoms with Crippen molar-refractivity contribution in [3.8, 4) is 11.5 Å². The number of aryl methyl sites for hydroxylation is 1. The Kier molecular flexibility index (Phi) is 7.09. The predicted octanol–water partition coefficient (Wildman–Crippen LogP) is 3.94. The van der Waals surface area contributed by atoms with Crippen LogP contribution in [0.2, 0.25) is 0 Å². The number of esters is 1. The van der Waals surface area contributed by atoms with Crippen molar-refractivity contribution in [2.24, 2.45) is 0 Å². The summed E-state index contributed by atoms with van der Waals surface area (Å²) in [4.78, 5) is 28.2. The summed E-state index contributed by atoms with van der Waals surface area (Å²) in [5.74, 6) is -1.68. The SMILES string of the molecule is COc1ccnc(C(=O)CCC(=O)O[C@@H](C)[C@H](C)c2ccc(F)cc2C)c1O. The maximum absolute atomic E-state index is 13.3. The van der Waals surface area contributed by atoms with Gasteiger partial charge in [-0.05, 0) is 37.1 Å². The van der Waals surface area contributed by atoms with Crippen molar-refractivity contribution in [1.29, 1.82) is 0 Å². The molecule has 6 nitrogen and oxygen atoms in total. The average molecular weight is 389 g/mol. The largest absolute Gasteiger partial charge is 0.503 e. The number of carbonyl (C=O) groups excluding carboxylic acids is 2. The number of carbonyl (C=O) groups is 2. The number of pyridine rings is 1. The molecule has 1 aromatic heterocycles. The van der Waals surface area contributed by atoms with Crippen LogP contribution in [0.5, 0.6) is 11.5 Å². The lowest BCUT2D eigenvalue weighted by Crippen LogP contribution is -2.22. The van der Waals surface area contributed by atoms with Crippen molar-refractivity contribution in [3.05, 3.63) is 53.1 Å². The molecule has 2 rings (SSSR count). The zero-order chi connectivity index (χ0) is 20.8. The Morgan fingerprint density at radius 1 is 1.21 bits per heavy atom. The Hall–Kier alpha value is -2.96. The molecule has 7 heteroatoms. The van der Waals surface area contributed by atoms with Crippen LogP contribution in [0.1, 0.15) is 54.2 Å². The minimum Gasteiger partial charge on any atom is -0.503 e. The first-order chi connectivity index (χ1) is 13.2. The van der Waals surface area contributed by atoms with Crippen LogP contribution in [-0.2, 0) is 9.53 Å². The molecular formula is C21H24FNO5. The standard InChI is InChI=1S/C21H24FNO5/c1-12-11-15(22)5-6-16(12)13(2)14(3)28-19(25)8-7-17(24)20-21(26)18(27-4)9-10-23-20/h5-6,9-11,13-14,26H,7-8H2,1-4H3/t13-,14-/m0/s1. The molecule has 2 aromatic rings. The molecule has 0 fully saturated rings. The fourth-order valence-corrected chi connectivity index (χ4v) is 2.91. The summed E-state index contributed by atoms with van der Waals surface area (Å²) in [6, 6.07) is 5.92. The van der Waals surface area contributed by atoms with Crippen molar-refractivity contribution in [2.45, 2.75) is 45.6 Å². The van der Waals surface area contributed by atoms with E-state index in [1.54, 1.807) is 19.9 Å². The molecule has 28 heavy (non-hydrogen) atoms. The zero-order valence-corrected chi connectivity index (χ0v) is 16.4. The van der Waals surface area contributed by atoms with Gasteiger partial charge in [0.15, 0.2) is 23.0 Å². The smallest absolute Gasteiger partial charge is 0.306 e. The summed E-state index contributed by atoms with van der Waals surface area (Å²) in [7, 11) is 1.37. The summed E-state index contributed by atoms with van der Waals surface area (Å²) in [5, 5.41) is 9.96. The lowest BCUT2D eigenvalue weighted by molar-refractivity contribution is -0.149. The van der Waals surface area contributed by atoms with Crippen molar-refractivity contribution in [1.82, 2.24) is 4.98 Å². The van der Waals surface area contributed by atoms with Crippen molar-refractivity contribution >= 4 is 11.8 Å². The number of hydrogen-bond donors (Lipinski definition) is 1. The molecule has 1 N–H and O–H groups in total. The molecule has 0 aliphatic carbocycles. The van der Waals surface area contributed by atoms with Crippen molar-refractivity contribution in [3.63, 3.8) is 0 Å². The highest BCUT2D eigenvalue weighted by atomic mass is 19.1. The van der Waals surface area contributed by atoms with Gasteiger partial charge in [0.25, 0.3) is 0 Å². The number of nitrogens with zero attached hydrogens (tertiary/aromatic N) is 1. The first kappa shape index (κ1) is 21.3. The lowest BCUT2D eigenvalue weighted by Gasteiger charge is -2.22. The van der Waals surface area contributed by atoms with Gasteiger partial charge in [-0.15, -0.1) is 0 Å². The van der Waals surface area contributed by atoms with E-state index in [9.17, 15) is 19.1 Å². The molecule has 150 valence electrons. The second-order valence-corrected chi connectivity index (χ2v) is 6.62. The summed E-state index contributed by atoms with van der Waals surface area (Å²) in [6.07, 6.45) is 0.605. The highest BCUT2D eigenvalue weighted by Gasteiger charge is 2.22. The molecular weight excluding hydrogens is 365 g/mol. The minimum atomic E-state index is -0.533. The van der Waals surface area contributed by atoms with E-state index in [0.717, 1.165) is 11.1 Å². The van der Waals surface area contributed by atoms with Crippen LogP contribution in [0.4, 0.5) is 4.39 Å². The van der Waals surface area contributed by atoms with Crippen LogP contribution in [-0.4, -0.2) is 35.1 Å². The first-order valence-electron chi connectivity index (χ1n) is 8.95. The summed E-state index contributed by atoms with van der Waals surface area (Å²) >= 11 is 0. The van der Waals surface area contributed by atoms with Gasteiger partial charge in [-0.3, -0.25) is 9.59 Å². The molecule has 2 atom stereocenters. The highest BCUT2D eigenvalue weighted by Crippen LogP contribution is 2.29. The number of ketones is 1. The number of halogens is 1. The maximum atomic E-state index is 13.3.